The normalized spacial score (nSPS) is 12.1. The summed E-state index contributed by atoms with van der Waals surface area (Å²) in [6, 6.07) is 14.8. The number of halogens is 2. The average Bonchev–Trinajstić information content (AvgIpc) is 3.82. The molecule has 46 heavy (non-hydrogen) atoms. The third-order valence-electron chi connectivity index (χ3n) is 7.57. The number of amides is 1. The molecule has 6 aromatic rings. The Hall–Kier alpha value is -6.02. The third-order valence-corrected chi connectivity index (χ3v) is 7.57. The molecule has 0 radical (unpaired) electrons. The smallest absolute Gasteiger partial charge is 0.251 e. The maximum atomic E-state index is 12.9. The van der Waals surface area contributed by atoms with Crippen LogP contribution in [0, 0.1) is 11.6 Å². The number of benzene rings is 2. The van der Waals surface area contributed by atoms with Crippen LogP contribution in [0.1, 0.15) is 43.8 Å². The minimum atomic E-state index is -1.66. The molecule has 6 N–H and O–H groups in total. The lowest BCUT2D eigenvalue weighted by Crippen LogP contribution is -2.15. The van der Waals surface area contributed by atoms with Crippen LogP contribution in [-0.2, 0) is 19.4 Å². The quantitative estimate of drug-likeness (QED) is 0.200. The summed E-state index contributed by atoms with van der Waals surface area (Å²) in [6.07, 6.45) is 8.54. The highest BCUT2D eigenvalue weighted by Gasteiger charge is 2.22. The van der Waals surface area contributed by atoms with Crippen molar-refractivity contribution in [3.8, 4) is 28.6 Å². The minimum absolute atomic E-state index is 0.0697. The molecule has 0 atom stereocenters. The molecule has 1 aliphatic carbocycles. The summed E-state index contributed by atoms with van der Waals surface area (Å²) >= 11 is 0. The summed E-state index contributed by atoms with van der Waals surface area (Å²) in [7, 11) is 0. The monoisotopic (exact) mass is 624 g/mol. The van der Waals surface area contributed by atoms with Gasteiger partial charge in [0.05, 0.1) is 29.5 Å². The van der Waals surface area contributed by atoms with E-state index in [1.165, 1.54) is 17.5 Å². The summed E-state index contributed by atoms with van der Waals surface area (Å²) in [5, 5.41) is 22.6. The first-order chi connectivity index (χ1) is 22.2. The number of hydrogen-bond donors (Lipinski definition) is 4. The summed E-state index contributed by atoms with van der Waals surface area (Å²) in [5.74, 6) is -3.82. The zero-order chi connectivity index (χ0) is 32.5. The number of hydrogen-bond acceptors (Lipinski definition) is 9. The van der Waals surface area contributed by atoms with E-state index in [0.29, 0.717) is 29.2 Å². The number of aromatic hydroxyl groups is 1. The second kappa shape index (κ2) is 12.2. The van der Waals surface area contributed by atoms with Gasteiger partial charge >= 0.3 is 0 Å². The Bertz CT molecular complexity index is 2140. The molecule has 0 spiro atoms. The Labute approximate surface area is 259 Å². The average molecular weight is 625 g/mol. The van der Waals surface area contributed by atoms with Crippen LogP contribution in [0.4, 0.5) is 14.6 Å². The number of aromatic nitrogens is 6. The first-order valence-corrected chi connectivity index (χ1v) is 14.0. The summed E-state index contributed by atoms with van der Waals surface area (Å²) in [4.78, 5) is 34.9. The molecule has 0 fully saturated rings. The van der Waals surface area contributed by atoms with Crippen LogP contribution in [0.25, 0.3) is 34.1 Å². The number of phenolic OH excluding ortho intramolecular Hbond substituents is 1. The number of carbonyl (C=O) groups is 2. The Morgan fingerprint density at radius 3 is 2.57 bits per heavy atom. The number of aldehydes is 1. The Kier molecular flexibility index (Phi) is 7.94. The van der Waals surface area contributed by atoms with Crippen molar-refractivity contribution >= 4 is 29.2 Å². The van der Waals surface area contributed by atoms with Crippen molar-refractivity contribution in [2.75, 3.05) is 5.73 Å². The zero-order valence-corrected chi connectivity index (χ0v) is 24.1. The molecule has 232 valence electrons. The highest BCUT2D eigenvalue weighted by Crippen LogP contribution is 2.33. The van der Waals surface area contributed by atoms with E-state index in [-0.39, 0.29) is 12.9 Å². The second-order valence-electron chi connectivity index (χ2n) is 10.4. The fraction of sp³-hybridized carbons (Fsp3) is 0.125. The minimum Gasteiger partial charge on any atom is -0.504 e. The first-order valence-electron chi connectivity index (χ1n) is 14.0. The number of aryl methyl sites for hydroxylation is 2. The van der Waals surface area contributed by atoms with Crippen LogP contribution in [0.2, 0.25) is 0 Å². The lowest BCUT2D eigenvalue weighted by Gasteiger charge is -2.12. The molecule has 4 heterocycles. The van der Waals surface area contributed by atoms with Gasteiger partial charge in [-0.2, -0.15) is 9.49 Å². The van der Waals surface area contributed by atoms with Crippen molar-refractivity contribution in [3.63, 3.8) is 0 Å². The van der Waals surface area contributed by atoms with Gasteiger partial charge in [-0.05, 0) is 72.9 Å². The van der Waals surface area contributed by atoms with Gasteiger partial charge in [0.2, 0.25) is 5.82 Å². The Morgan fingerprint density at radius 2 is 1.85 bits per heavy atom. The van der Waals surface area contributed by atoms with E-state index in [1.807, 2.05) is 28.8 Å². The summed E-state index contributed by atoms with van der Waals surface area (Å²) in [6.45, 7) is -0.0697. The van der Waals surface area contributed by atoms with E-state index < -0.39 is 34.4 Å². The highest BCUT2D eigenvalue weighted by atomic mass is 19.2. The molecule has 0 bridgehead atoms. The predicted molar refractivity (Wildman–Crippen MR) is 164 cm³/mol. The van der Waals surface area contributed by atoms with Crippen LogP contribution in [0.5, 0.6) is 5.75 Å². The number of aliphatic hydroxyl groups excluding tert-OH is 1. The number of primary amides is 1. The number of carbonyl (C=O) groups excluding carboxylic acids is 2. The molecule has 0 aliphatic heterocycles. The number of anilines is 1. The van der Waals surface area contributed by atoms with E-state index >= 15 is 0 Å². The number of nitrogen functional groups attached to an aromatic ring is 1. The molecular formula is C32H26F2N8O4. The van der Waals surface area contributed by atoms with Gasteiger partial charge in [-0.1, -0.05) is 6.07 Å². The largest absolute Gasteiger partial charge is 0.504 e. The molecule has 12 nitrogen and oxygen atoms in total. The van der Waals surface area contributed by atoms with E-state index in [9.17, 15) is 23.5 Å². The van der Waals surface area contributed by atoms with Crippen molar-refractivity contribution in [2.45, 2.75) is 25.9 Å². The summed E-state index contributed by atoms with van der Waals surface area (Å²) in [5.41, 5.74) is 16.3. The van der Waals surface area contributed by atoms with Gasteiger partial charge in [-0.15, -0.1) is 0 Å². The fourth-order valence-electron chi connectivity index (χ4n) is 5.28. The molecular weight excluding hydrogens is 598 g/mol. The lowest BCUT2D eigenvalue weighted by molar-refractivity contribution is 0.0995. The van der Waals surface area contributed by atoms with Crippen LogP contribution in [0.15, 0.2) is 67.1 Å². The number of nitrogens with two attached hydrogens (primary N) is 2. The Balaban J connectivity index is 0.000000224. The van der Waals surface area contributed by atoms with Crippen LogP contribution < -0.4 is 11.5 Å². The number of pyridine rings is 2. The van der Waals surface area contributed by atoms with Gasteiger partial charge in [0, 0.05) is 23.6 Å². The Morgan fingerprint density at radius 1 is 1.04 bits per heavy atom. The molecule has 1 aliphatic rings. The molecule has 0 saturated carbocycles. The van der Waals surface area contributed by atoms with Crippen molar-refractivity contribution in [1.82, 2.24) is 29.3 Å². The topological polar surface area (TPSA) is 188 Å². The van der Waals surface area contributed by atoms with Gasteiger partial charge < -0.3 is 21.7 Å². The lowest BCUT2D eigenvalue weighted by atomic mass is 10.1. The van der Waals surface area contributed by atoms with Crippen LogP contribution in [-0.4, -0.2) is 51.7 Å². The summed E-state index contributed by atoms with van der Waals surface area (Å²) < 4.78 is 29.4. The molecule has 14 heteroatoms. The van der Waals surface area contributed by atoms with Gasteiger partial charge in [0.25, 0.3) is 5.91 Å². The predicted octanol–water partition coefficient (Wildman–Crippen LogP) is 3.81. The number of imidazole rings is 1. The second-order valence-corrected chi connectivity index (χ2v) is 10.4. The third kappa shape index (κ3) is 5.41. The number of nitrogens with zero attached hydrogens (tertiary/aromatic N) is 6. The van der Waals surface area contributed by atoms with E-state index in [2.05, 4.69) is 28.3 Å². The van der Waals surface area contributed by atoms with Gasteiger partial charge in [0.15, 0.2) is 35.1 Å². The van der Waals surface area contributed by atoms with Gasteiger partial charge in [-0.3, -0.25) is 14.2 Å². The number of aliphatic hydroxyl groups is 1. The van der Waals surface area contributed by atoms with Crippen molar-refractivity contribution in [3.05, 3.63) is 107 Å². The van der Waals surface area contributed by atoms with Gasteiger partial charge in [-0.25, -0.2) is 24.0 Å². The highest BCUT2D eigenvalue weighted by molar-refractivity contribution is 5.95. The first kappa shape index (κ1) is 30.0. The van der Waals surface area contributed by atoms with E-state index in [0.717, 1.165) is 35.2 Å². The van der Waals surface area contributed by atoms with Crippen LogP contribution in [0.3, 0.4) is 0 Å². The van der Waals surface area contributed by atoms with E-state index in [1.54, 1.807) is 23.3 Å². The molecule has 4 aromatic heterocycles. The SMILES string of the molecule is NC(=O)c1cc(C=O)c(O)c(F)c1F.Nc1ncccc1-c1nc2ccc(-n3cc(CO)cn3)nc2n1-c1ccc2c(c1)CCC2. The van der Waals surface area contributed by atoms with Crippen molar-refractivity contribution < 1.29 is 28.6 Å². The molecule has 0 saturated heterocycles. The van der Waals surface area contributed by atoms with Crippen molar-refractivity contribution in [2.24, 2.45) is 5.73 Å². The number of fused-ring (bicyclic) bond motifs is 2. The molecule has 1 amide bonds. The standard InChI is InChI=1S/C24H21N7O.C8H5F2NO3/c25-22-19(5-2-10-26-22)23-28-20-8-9-21(30-13-15(14-32)12-27-30)29-24(20)31(23)18-7-6-16-3-1-4-17(16)11-18;9-5-4(8(11)14)1-3(2-12)7(13)6(5)10/h2,5-13,32H,1,3-4,14H2,(H2,25,26);1-2,13H,(H2,11,14). The molecule has 7 rings (SSSR count). The van der Waals surface area contributed by atoms with Crippen molar-refractivity contribution in [1.29, 1.82) is 0 Å². The van der Waals surface area contributed by atoms with Gasteiger partial charge in [0.1, 0.15) is 11.3 Å². The molecule has 2 aromatic carbocycles. The zero-order valence-electron chi connectivity index (χ0n) is 24.1. The number of rotatable bonds is 6. The van der Waals surface area contributed by atoms with E-state index in [4.69, 9.17) is 26.5 Å². The van der Waals surface area contributed by atoms with Crippen LogP contribution >= 0.6 is 0 Å². The molecule has 0 unspecified atom stereocenters. The fourth-order valence-corrected chi connectivity index (χ4v) is 5.28. The maximum absolute atomic E-state index is 12.9. The number of phenols is 1. The maximum Gasteiger partial charge on any atom is 0.251 e.